The largest absolute Gasteiger partial charge is 0.396 e. The number of unbranched alkanes of at least 4 members (excludes halogenated alkanes) is 2. The van der Waals surface area contributed by atoms with Gasteiger partial charge >= 0.3 is 0 Å². The number of aliphatic hydroxyl groups excluding tert-OH is 1. The normalized spacial score (nSPS) is 10.5. The second kappa shape index (κ2) is 7.77. The summed E-state index contributed by atoms with van der Waals surface area (Å²) >= 11 is 0. The molecule has 4 heteroatoms. The Morgan fingerprint density at radius 1 is 1.41 bits per heavy atom. The van der Waals surface area contributed by atoms with Crippen molar-refractivity contribution >= 4 is 0 Å². The fraction of sp³-hybridized carbons (Fsp3) is 0.538. The first kappa shape index (κ1) is 13.6. The summed E-state index contributed by atoms with van der Waals surface area (Å²) in [5.41, 5.74) is 1.48. The summed E-state index contributed by atoms with van der Waals surface area (Å²) in [6.45, 7) is 1.99. The number of hydrogen-bond donors (Lipinski definition) is 1. The van der Waals surface area contributed by atoms with E-state index in [2.05, 4.69) is 16.0 Å². The van der Waals surface area contributed by atoms with Gasteiger partial charge in [0.1, 0.15) is 11.8 Å². The molecular weight excluding hydrogens is 214 g/mol. The molecule has 1 aromatic rings. The Hall–Kier alpha value is -1.44. The molecule has 0 atom stereocenters. The summed E-state index contributed by atoms with van der Waals surface area (Å²) in [7, 11) is 2.03. The molecule has 0 spiro atoms. The summed E-state index contributed by atoms with van der Waals surface area (Å²) in [4.78, 5) is 6.21. The van der Waals surface area contributed by atoms with E-state index in [-0.39, 0.29) is 6.61 Å². The standard InChI is InChI=1S/C13H19N3O/c1-16(8-3-2-4-9-17)11-12-6-5-7-15-13(12)10-14/h5-7,17H,2-4,8-9,11H2,1H3. The lowest BCUT2D eigenvalue weighted by Crippen LogP contribution is -2.20. The van der Waals surface area contributed by atoms with Gasteiger partial charge in [0.05, 0.1) is 0 Å². The quantitative estimate of drug-likeness (QED) is 0.726. The third kappa shape index (κ3) is 4.94. The van der Waals surface area contributed by atoms with Gasteiger partial charge in [-0.05, 0) is 38.9 Å². The Labute approximate surface area is 103 Å². The van der Waals surface area contributed by atoms with E-state index in [9.17, 15) is 0 Å². The van der Waals surface area contributed by atoms with Crippen LogP contribution in [0.25, 0.3) is 0 Å². The van der Waals surface area contributed by atoms with Crippen LogP contribution in [0.4, 0.5) is 0 Å². The summed E-state index contributed by atoms with van der Waals surface area (Å²) in [5, 5.41) is 17.6. The van der Waals surface area contributed by atoms with Crippen LogP contribution in [0.2, 0.25) is 0 Å². The molecule has 0 aliphatic rings. The van der Waals surface area contributed by atoms with Crippen LogP contribution in [-0.2, 0) is 6.54 Å². The molecule has 1 rings (SSSR count). The average molecular weight is 233 g/mol. The highest BCUT2D eigenvalue weighted by Crippen LogP contribution is 2.08. The second-order valence-electron chi connectivity index (χ2n) is 4.14. The first-order valence-electron chi connectivity index (χ1n) is 5.91. The van der Waals surface area contributed by atoms with Gasteiger partial charge in [0.15, 0.2) is 0 Å². The molecule has 4 nitrogen and oxygen atoms in total. The highest BCUT2D eigenvalue weighted by Gasteiger charge is 2.05. The van der Waals surface area contributed by atoms with Crippen LogP contribution < -0.4 is 0 Å². The lowest BCUT2D eigenvalue weighted by Gasteiger charge is -2.16. The lowest BCUT2D eigenvalue weighted by molar-refractivity contribution is 0.271. The van der Waals surface area contributed by atoms with Crippen molar-refractivity contribution in [3.8, 4) is 6.07 Å². The maximum atomic E-state index is 8.92. The van der Waals surface area contributed by atoms with Crippen molar-refractivity contribution in [1.29, 1.82) is 5.26 Å². The second-order valence-corrected chi connectivity index (χ2v) is 4.14. The van der Waals surface area contributed by atoms with Crippen molar-refractivity contribution in [1.82, 2.24) is 9.88 Å². The van der Waals surface area contributed by atoms with Crippen molar-refractivity contribution in [2.24, 2.45) is 0 Å². The van der Waals surface area contributed by atoms with Gasteiger partial charge in [-0.3, -0.25) is 0 Å². The lowest BCUT2D eigenvalue weighted by atomic mass is 10.2. The molecule has 0 fully saturated rings. The number of aliphatic hydroxyl groups is 1. The van der Waals surface area contributed by atoms with Crippen LogP contribution in [0.1, 0.15) is 30.5 Å². The van der Waals surface area contributed by atoms with E-state index in [1.54, 1.807) is 6.20 Å². The predicted octanol–water partition coefficient (Wildman–Crippen LogP) is 1.55. The molecule has 1 heterocycles. The highest BCUT2D eigenvalue weighted by atomic mass is 16.2. The summed E-state index contributed by atoms with van der Waals surface area (Å²) in [6, 6.07) is 5.90. The molecule has 92 valence electrons. The molecule has 0 bridgehead atoms. The first-order valence-corrected chi connectivity index (χ1v) is 5.91. The zero-order valence-corrected chi connectivity index (χ0v) is 10.3. The van der Waals surface area contributed by atoms with Crippen LogP contribution >= 0.6 is 0 Å². The number of nitriles is 1. The number of pyridine rings is 1. The number of nitrogens with zero attached hydrogens (tertiary/aromatic N) is 3. The molecule has 0 aliphatic heterocycles. The minimum absolute atomic E-state index is 0.269. The number of aromatic nitrogens is 1. The molecule has 0 saturated heterocycles. The van der Waals surface area contributed by atoms with Crippen LogP contribution in [0.5, 0.6) is 0 Å². The Morgan fingerprint density at radius 3 is 2.94 bits per heavy atom. The van der Waals surface area contributed by atoms with Crippen molar-refractivity contribution in [2.75, 3.05) is 20.2 Å². The number of rotatable bonds is 7. The van der Waals surface area contributed by atoms with E-state index in [0.717, 1.165) is 37.9 Å². The van der Waals surface area contributed by atoms with Gasteiger partial charge in [0.2, 0.25) is 0 Å². The first-order chi connectivity index (χ1) is 8.27. The Morgan fingerprint density at radius 2 is 2.24 bits per heavy atom. The monoisotopic (exact) mass is 233 g/mol. The molecule has 0 aromatic carbocycles. The van der Waals surface area contributed by atoms with Crippen LogP contribution in [-0.4, -0.2) is 35.2 Å². The van der Waals surface area contributed by atoms with E-state index in [4.69, 9.17) is 10.4 Å². The fourth-order valence-electron chi connectivity index (χ4n) is 1.71. The maximum Gasteiger partial charge on any atom is 0.144 e. The van der Waals surface area contributed by atoms with E-state index in [0.29, 0.717) is 5.69 Å². The smallest absolute Gasteiger partial charge is 0.144 e. The fourth-order valence-corrected chi connectivity index (χ4v) is 1.71. The predicted molar refractivity (Wildman–Crippen MR) is 66.2 cm³/mol. The molecule has 17 heavy (non-hydrogen) atoms. The van der Waals surface area contributed by atoms with Crippen molar-refractivity contribution in [3.63, 3.8) is 0 Å². The van der Waals surface area contributed by atoms with Crippen LogP contribution in [0.3, 0.4) is 0 Å². The van der Waals surface area contributed by atoms with Gasteiger partial charge < -0.3 is 10.0 Å². The van der Waals surface area contributed by atoms with E-state index < -0.39 is 0 Å². The SMILES string of the molecule is CN(CCCCCO)Cc1cccnc1C#N. The van der Waals surface area contributed by atoms with Crippen molar-refractivity contribution in [3.05, 3.63) is 29.6 Å². The zero-order valence-electron chi connectivity index (χ0n) is 10.3. The summed E-state index contributed by atoms with van der Waals surface area (Å²) in [6.07, 6.45) is 4.62. The van der Waals surface area contributed by atoms with Gasteiger partial charge in [0, 0.05) is 24.9 Å². The van der Waals surface area contributed by atoms with Gasteiger partial charge in [-0.2, -0.15) is 5.26 Å². The average Bonchev–Trinajstić information content (AvgIpc) is 2.35. The molecule has 0 amide bonds. The topological polar surface area (TPSA) is 60.1 Å². The molecule has 0 radical (unpaired) electrons. The van der Waals surface area contributed by atoms with Crippen molar-refractivity contribution < 1.29 is 5.11 Å². The third-order valence-corrected chi connectivity index (χ3v) is 2.64. The molecule has 1 aromatic heterocycles. The molecule has 1 N–H and O–H groups in total. The van der Waals surface area contributed by atoms with Crippen molar-refractivity contribution in [2.45, 2.75) is 25.8 Å². The van der Waals surface area contributed by atoms with E-state index >= 15 is 0 Å². The van der Waals surface area contributed by atoms with Gasteiger partial charge in [-0.15, -0.1) is 0 Å². The molecular formula is C13H19N3O. The van der Waals surface area contributed by atoms with Crippen LogP contribution in [0, 0.1) is 11.3 Å². The summed E-state index contributed by atoms with van der Waals surface area (Å²) in [5.74, 6) is 0. The minimum atomic E-state index is 0.269. The molecule has 0 aliphatic carbocycles. The molecule has 0 unspecified atom stereocenters. The Bertz CT molecular complexity index is 373. The Balaban J connectivity index is 2.40. The van der Waals surface area contributed by atoms with E-state index in [1.807, 2.05) is 19.2 Å². The minimum Gasteiger partial charge on any atom is -0.396 e. The number of hydrogen-bond acceptors (Lipinski definition) is 4. The zero-order chi connectivity index (χ0) is 12.5. The van der Waals surface area contributed by atoms with E-state index in [1.165, 1.54) is 0 Å². The van der Waals surface area contributed by atoms with Crippen LogP contribution in [0.15, 0.2) is 18.3 Å². The highest BCUT2D eigenvalue weighted by molar-refractivity contribution is 5.30. The summed E-state index contributed by atoms with van der Waals surface area (Å²) < 4.78 is 0. The third-order valence-electron chi connectivity index (χ3n) is 2.64. The Kier molecular flexibility index (Phi) is 6.23. The van der Waals surface area contributed by atoms with Gasteiger partial charge in [-0.1, -0.05) is 6.07 Å². The van der Waals surface area contributed by atoms with Gasteiger partial charge in [-0.25, -0.2) is 4.98 Å². The maximum absolute atomic E-state index is 8.92. The molecule has 0 saturated carbocycles. The van der Waals surface area contributed by atoms with Gasteiger partial charge in [0.25, 0.3) is 0 Å².